The summed E-state index contributed by atoms with van der Waals surface area (Å²) in [5.41, 5.74) is 0.635. The minimum Gasteiger partial charge on any atom is -0.507 e. The Hall–Kier alpha value is -3.88. The molecule has 1 aliphatic heterocycles. The lowest BCUT2D eigenvalue weighted by Gasteiger charge is -2.23. The molecular formula is C25H28N2O7. The largest absolute Gasteiger partial charge is 0.507 e. The first kappa shape index (κ1) is 23.3. The molecule has 0 fully saturated rings. The maximum absolute atomic E-state index is 13.6. The first-order chi connectivity index (χ1) is 16.2. The predicted octanol–water partition coefficient (Wildman–Crippen LogP) is 3.00. The van der Waals surface area contributed by atoms with E-state index in [9.17, 15) is 19.8 Å². The zero-order chi connectivity index (χ0) is 24.7. The van der Waals surface area contributed by atoms with E-state index in [-0.39, 0.29) is 29.4 Å². The molecule has 9 heteroatoms. The van der Waals surface area contributed by atoms with Crippen LogP contribution in [-0.4, -0.2) is 33.2 Å². The number of aromatic hydroxyl groups is 2. The molecule has 0 bridgehead atoms. The van der Waals surface area contributed by atoms with Crippen molar-refractivity contribution in [2.45, 2.75) is 46.7 Å². The lowest BCUT2D eigenvalue weighted by molar-refractivity contribution is 0.171. The van der Waals surface area contributed by atoms with Gasteiger partial charge in [-0.1, -0.05) is 0 Å². The van der Waals surface area contributed by atoms with E-state index in [1.807, 2.05) is 13.8 Å². The Morgan fingerprint density at radius 3 is 1.91 bits per heavy atom. The first-order valence-corrected chi connectivity index (χ1v) is 11.1. The van der Waals surface area contributed by atoms with Gasteiger partial charge in [0.2, 0.25) is 12.5 Å². The average molecular weight is 469 g/mol. The van der Waals surface area contributed by atoms with Gasteiger partial charge in [0, 0.05) is 24.5 Å². The summed E-state index contributed by atoms with van der Waals surface area (Å²) < 4.78 is 19.5. The zero-order valence-electron chi connectivity index (χ0n) is 19.8. The molecule has 0 amide bonds. The lowest BCUT2D eigenvalue weighted by Crippen LogP contribution is -2.32. The molecule has 3 aromatic rings. The van der Waals surface area contributed by atoms with Gasteiger partial charge in [-0.25, -0.2) is 0 Å². The maximum Gasteiger partial charge on any atom is 0.258 e. The van der Waals surface area contributed by atoms with E-state index >= 15 is 0 Å². The van der Waals surface area contributed by atoms with E-state index in [4.69, 9.17) is 14.2 Å². The normalized spacial score (nSPS) is 12.4. The Bertz CT molecular complexity index is 1310. The number of benzene rings is 1. The Labute approximate surface area is 196 Å². The molecule has 9 nitrogen and oxygen atoms in total. The van der Waals surface area contributed by atoms with Gasteiger partial charge in [0.15, 0.2) is 11.5 Å². The average Bonchev–Trinajstić information content (AvgIpc) is 3.26. The van der Waals surface area contributed by atoms with Gasteiger partial charge in [0.1, 0.15) is 11.5 Å². The molecule has 0 radical (unpaired) electrons. The van der Waals surface area contributed by atoms with E-state index in [1.54, 1.807) is 26.0 Å². The fourth-order valence-electron chi connectivity index (χ4n) is 4.66. The van der Waals surface area contributed by atoms with E-state index in [0.29, 0.717) is 47.3 Å². The summed E-state index contributed by atoms with van der Waals surface area (Å²) in [5.74, 6) is -0.500. The number of methoxy groups -OCH3 is 1. The SMILES string of the molecule is CCn1c(C)cc(O)c(C(c2cc(OC)c3c(c2)OCO3)c2c(O)cc(C)n(CC)c2=O)c1=O. The zero-order valence-corrected chi connectivity index (χ0v) is 19.8. The van der Waals surface area contributed by atoms with Gasteiger partial charge < -0.3 is 33.6 Å². The smallest absolute Gasteiger partial charge is 0.258 e. The summed E-state index contributed by atoms with van der Waals surface area (Å²) in [5, 5.41) is 22.0. The fourth-order valence-corrected chi connectivity index (χ4v) is 4.66. The number of ether oxygens (including phenoxy) is 3. The van der Waals surface area contributed by atoms with Crippen LogP contribution in [0.1, 0.15) is 47.8 Å². The molecule has 4 rings (SSSR count). The van der Waals surface area contributed by atoms with Crippen LogP contribution in [0.15, 0.2) is 33.9 Å². The predicted molar refractivity (Wildman–Crippen MR) is 126 cm³/mol. The number of fused-ring (bicyclic) bond motifs is 1. The van der Waals surface area contributed by atoms with Crippen LogP contribution in [0.5, 0.6) is 28.7 Å². The van der Waals surface area contributed by atoms with Crippen molar-refractivity contribution in [2.75, 3.05) is 13.9 Å². The second-order valence-corrected chi connectivity index (χ2v) is 8.16. The number of hydrogen-bond donors (Lipinski definition) is 2. The summed E-state index contributed by atoms with van der Waals surface area (Å²) in [7, 11) is 1.47. The molecule has 3 heterocycles. The van der Waals surface area contributed by atoms with E-state index < -0.39 is 17.0 Å². The van der Waals surface area contributed by atoms with Gasteiger partial charge in [0.25, 0.3) is 11.1 Å². The third-order valence-electron chi connectivity index (χ3n) is 6.27. The van der Waals surface area contributed by atoms with Gasteiger partial charge in [-0.05, 0) is 57.5 Å². The second-order valence-electron chi connectivity index (χ2n) is 8.16. The lowest BCUT2D eigenvalue weighted by atomic mass is 9.84. The van der Waals surface area contributed by atoms with Crippen molar-refractivity contribution in [3.63, 3.8) is 0 Å². The highest BCUT2D eigenvalue weighted by Gasteiger charge is 2.33. The maximum atomic E-state index is 13.6. The summed E-state index contributed by atoms with van der Waals surface area (Å²) in [4.78, 5) is 27.2. The van der Waals surface area contributed by atoms with Crippen LogP contribution in [-0.2, 0) is 13.1 Å². The molecule has 0 saturated carbocycles. The molecule has 180 valence electrons. The minimum atomic E-state index is -1.10. The van der Waals surface area contributed by atoms with E-state index in [0.717, 1.165) is 0 Å². The van der Waals surface area contributed by atoms with Crippen molar-refractivity contribution in [3.05, 3.63) is 73.1 Å². The molecule has 1 aliphatic rings. The number of pyridine rings is 2. The van der Waals surface area contributed by atoms with Crippen LogP contribution in [0.25, 0.3) is 0 Å². The van der Waals surface area contributed by atoms with E-state index in [2.05, 4.69) is 0 Å². The number of hydrogen-bond acceptors (Lipinski definition) is 7. The Kier molecular flexibility index (Phi) is 6.03. The number of aromatic nitrogens is 2. The molecule has 0 saturated heterocycles. The van der Waals surface area contributed by atoms with Gasteiger partial charge in [0.05, 0.1) is 24.2 Å². The topological polar surface area (TPSA) is 112 Å². The van der Waals surface area contributed by atoms with Crippen molar-refractivity contribution < 1.29 is 24.4 Å². The number of rotatable bonds is 6. The molecule has 0 atom stereocenters. The standard InChI is InChI=1S/C25H28N2O7/c1-6-26-13(3)8-16(28)21(24(26)30)20(22-17(29)9-14(4)27(7-2)25(22)31)15-10-18(32-5)23-19(11-15)33-12-34-23/h8-11,20,28-29H,6-7,12H2,1-5H3. The van der Waals surface area contributed by atoms with Crippen LogP contribution in [0, 0.1) is 13.8 Å². The highest BCUT2D eigenvalue weighted by Crippen LogP contribution is 2.46. The van der Waals surface area contributed by atoms with Crippen molar-refractivity contribution in [1.29, 1.82) is 0 Å². The van der Waals surface area contributed by atoms with Crippen LogP contribution < -0.4 is 25.3 Å². The van der Waals surface area contributed by atoms with Gasteiger partial charge in [-0.2, -0.15) is 0 Å². The van der Waals surface area contributed by atoms with Crippen LogP contribution >= 0.6 is 0 Å². The Morgan fingerprint density at radius 1 is 0.912 bits per heavy atom. The fraction of sp³-hybridized carbons (Fsp3) is 0.360. The summed E-state index contributed by atoms with van der Waals surface area (Å²) in [6.07, 6.45) is 0. The second kappa shape index (κ2) is 8.81. The Balaban J connectivity index is 2.14. The van der Waals surface area contributed by atoms with Crippen molar-refractivity contribution in [3.8, 4) is 28.7 Å². The van der Waals surface area contributed by atoms with Gasteiger partial charge >= 0.3 is 0 Å². The third kappa shape index (κ3) is 3.57. The molecule has 0 unspecified atom stereocenters. The van der Waals surface area contributed by atoms with Crippen LogP contribution in [0.2, 0.25) is 0 Å². The van der Waals surface area contributed by atoms with Gasteiger partial charge in [-0.3, -0.25) is 9.59 Å². The molecule has 0 aliphatic carbocycles. The summed E-state index contributed by atoms with van der Waals surface area (Å²) in [6, 6.07) is 6.24. The van der Waals surface area contributed by atoms with Crippen LogP contribution in [0.3, 0.4) is 0 Å². The number of nitrogens with zero attached hydrogens (tertiary/aromatic N) is 2. The molecule has 34 heavy (non-hydrogen) atoms. The van der Waals surface area contributed by atoms with Crippen LogP contribution in [0.4, 0.5) is 0 Å². The quantitative estimate of drug-likeness (QED) is 0.572. The third-order valence-corrected chi connectivity index (χ3v) is 6.27. The summed E-state index contributed by atoms with van der Waals surface area (Å²) in [6.45, 7) is 7.82. The highest BCUT2D eigenvalue weighted by molar-refractivity contribution is 5.60. The molecule has 2 N–H and O–H groups in total. The van der Waals surface area contributed by atoms with Crippen molar-refractivity contribution in [1.82, 2.24) is 9.13 Å². The van der Waals surface area contributed by atoms with E-state index in [1.165, 1.54) is 28.4 Å². The molecule has 0 spiro atoms. The highest BCUT2D eigenvalue weighted by atomic mass is 16.7. The van der Waals surface area contributed by atoms with Crippen molar-refractivity contribution in [2.24, 2.45) is 0 Å². The monoisotopic (exact) mass is 468 g/mol. The molecule has 2 aromatic heterocycles. The van der Waals surface area contributed by atoms with Crippen molar-refractivity contribution >= 4 is 0 Å². The Morgan fingerprint density at radius 2 is 1.44 bits per heavy atom. The molecular weight excluding hydrogens is 440 g/mol. The van der Waals surface area contributed by atoms with Gasteiger partial charge in [-0.15, -0.1) is 0 Å². The first-order valence-electron chi connectivity index (χ1n) is 11.1. The minimum absolute atomic E-state index is 0.00332. The molecule has 1 aromatic carbocycles. The number of aryl methyl sites for hydroxylation is 2. The summed E-state index contributed by atoms with van der Waals surface area (Å²) >= 11 is 0.